The smallest absolute Gasteiger partial charge is 0.404 e. The van der Waals surface area contributed by atoms with Gasteiger partial charge in [-0.2, -0.15) is 0 Å². The normalized spacial score (nSPS) is 21.2. The minimum Gasteiger partial charge on any atom is -0.494 e. The number of nitrogens with zero attached hydrogens (tertiary/aromatic N) is 1. The van der Waals surface area contributed by atoms with Crippen molar-refractivity contribution in [3.63, 3.8) is 0 Å². The molecule has 7 nitrogen and oxygen atoms in total. The van der Waals surface area contributed by atoms with Crippen LogP contribution in [0.5, 0.6) is 5.75 Å². The number of pyridine rings is 1. The number of amides is 2. The number of hydrogen-bond donors (Lipinski definition) is 3. The molecule has 1 heterocycles. The first-order valence-electron chi connectivity index (χ1n) is 6.41. The van der Waals surface area contributed by atoms with Crippen molar-refractivity contribution < 1.29 is 19.4 Å². The van der Waals surface area contributed by atoms with Gasteiger partial charge in [-0.1, -0.05) is 0 Å². The van der Waals surface area contributed by atoms with Crippen molar-refractivity contribution in [2.75, 3.05) is 7.11 Å². The number of carboxylic acid groups (broad SMARTS) is 1. The highest BCUT2D eigenvalue weighted by atomic mass is 16.5. The Bertz CT molecular complexity index is 506. The fourth-order valence-corrected chi connectivity index (χ4v) is 2.43. The van der Waals surface area contributed by atoms with Crippen LogP contribution in [0.1, 0.15) is 29.8 Å². The van der Waals surface area contributed by atoms with Gasteiger partial charge < -0.3 is 20.5 Å². The molecule has 0 unspecified atom stereocenters. The molecular formula is C13H17N3O4. The predicted molar refractivity (Wildman–Crippen MR) is 70.8 cm³/mol. The number of nitrogens with one attached hydrogen (secondary N) is 2. The van der Waals surface area contributed by atoms with Crippen molar-refractivity contribution in [3.8, 4) is 5.75 Å². The molecule has 7 heteroatoms. The van der Waals surface area contributed by atoms with Gasteiger partial charge in [0.2, 0.25) is 0 Å². The van der Waals surface area contributed by atoms with Crippen molar-refractivity contribution in [1.29, 1.82) is 0 Å². The fraction of sp³-hybridized carbons (Fsp3) is 0.462. The molecule has 3 N–H and O–H groups in total. The van der Waals surface area contributed by atoms with E-state index in [4.69, 9.17) is 9.84 Å². The second-order valence-corrected chi connectivity index (χ2v) is 4.62. The monoisotopic (exact) mass is 279 g/mol. The molecule has 0 spiro atoms. The first-order valence-corrected chi connectivity index (χ1v) is 6.41. The third kappa shape index (κ3) is 3.17. The van der Waals surface area contributed by atoms with Crippen LogP contribution in [0.25, 0.3) is 0 Å². The van der Waals surface area contributed by atoms with Gasteiger partial charge >= 0.3 is 6.09 Å². The number of carbonyl (C=O) groups is 2. The summed E-state index contributed by atoms with van der Waals surface area (Å²) in [6.07, 6.45) is 2.77. The molecule has 1 aliphatic rings. The Kier molecular flexibility index (Phi) is 4.39. The summed E-state index contributed by atoms with van der Waals surface area (Å²) in [5.41, 5.74) is 0.205. The highest BCUT2D eigenvalue weighted by molar-refractivity contribution is 5.95. The van der Waals surface area contributed by atoms with Crippen molar-refractivity contribution in [1.82, 2.24) is 15.6 Å². The largest absolute Gasteiger partial charge is 0.494 e. The van der Waals surface area contributed by atoms with E-state index in [1.165, 1.54) is 13.3 Å². The van der Waals surface area contributed by atoms with Gasteiger partial charge in [-0.05, 0) is 31.4 Å². The first kappa shape index (κ1) is 14.1. The maximum absolute atomic E-state index is 12.2. The van der Waals surface area contributed by atoms with Crippen LogP contribution in [0.2, 0.25) is 0 Å². The lowest BCUT2D eigenvalue weighted by atomic mass is 10.1. The third-order valence-electron chi connectivity index (χ3n) is 3.35. The molecule has 0 aliphatic heterocycles. The number of carbonyl (C=O) groups excluding carboxylic acids is 1. The Hall–Kier alpha value is -2.31. The van der Waals surface area contributed by atoms with E-state index in [1.54, 1.807) is 12.1 Å². The summed E-state index contributed by atoms with van der Waals surface area (Å²) < 4.78 is 5.09. The zero-order valence-electron chi connectivity index (χ0n) is 11.1. The molecule has 108 valence electrons. The number of ether oxygens (including phenoxy) is 1. The van der Waals surface area contributed by atoms with Gasteiger partial charge in [0.1, 0.15) is 5.75 Å². The van der Waals surface area contributed by atoms with Crippen LogP contribution in [0.15, 0.2) is 18.3 Å². The Morgan fingerprint density at radius 3 is 2.70 bits per heavy atom. The third-order valence-corrected chi connectivity index (χ3v) is 3.35. The van der Waals surface area contributed by atoms with Crippen LogP contribution in [0.3, 0.4) is 0 Å². The Morgan fingerprint density at radius 2 is 2.05 bits per heavy atom. The van der Waals surface area contributed by atoms with E-state index in [0.717, 1.165) is 19.3 Å². The van der Waals surface area contributed by atoms with E-state index in [-0.39, 0.29) is 23.7 Å². The summed E-state index contributed by atoms with van der Waals surface area (Å²) in [4.78, 5) is 26.9. The van der Waals surface area contributed by atoms with E-state index in [1.807, 2.05) is 0 Å². The van der Waals surface area contributed by atoms with Gasteiger partial charge in [-0.3, -0.25) is 4.79 Å². The van der Waals surface area contributed by atoms with E-state index < -0.39 is 6.09 Å². The highest BCUT2D eigenvalue weighted by Gasteiger charge is 2.30. The van der Waals surface area contributed by atoms with Crippen molar-refractivity contribution in [3.05, 3.63) is 24.0 Å². The maximum atomic E-state index is 12.2. The van der Waals surface area contributed by atoms with Crippen molar-refractivity contribution >= 4 is 12.0 Å². The average molecular weight is 279 g/mol. The van der Waals surface area contributed by atoms with E-state index in [0.29, 0.717) is 5.75 Å². The molecule has 0 radical (unpaired) electrons. The summed E-state index contributed by atoms with van der Waals surface area (Å²) in [6.45, 7) is 0. The number of hydrogen-bond acceptors (Lipinski definition) is 4. The SMILES string of the molecule is COc1cccnc1C(=O)N[C@H]1CCC[C@@H]1NC(=O)O. The van der Waals surface area contributed by atoms with Crippen LogP contribution in [-0.4, -0.2) is 41.3 Å². The summed E-state index contributed by atoms with van der Waals surface area (Å²) in [5.74, 6) is 0.0391. The Labute approximate surface area is 116 Å². The van der Waals surface area contributed by atoms with E-state index in [9.17, 15) is 9.59 Å². The fourth-order valence-electron chi connectivity index (χ4n) is 2.43. The summed E-state index contributed by atoms with van der Waals surface area (Å²) >= 11 is 0. The lowest BCUT2D eigenvalue weighted by molar-refractivity contribution is 0.0921. The van der Waals surface area contributed by atoms with Crippen molar-refractivity contribution in [2.45, 2.75) is 31.3 Å². The van der Waals surface area contributed by atoms with Gasteiger partial charge in [-0.25, -0.2) is 9.78 Å². The molecule has 20 heavy (non-hydrogen) atoms. The molecule has 1 aromatic heterocycles. The average Bonchev–Trinajstić information content (AvgIpc) is 2.85. The van der Waals surface area contributed by atoms with Gasteiger partial charge in [0.05, 0.1) is 13.2 Å². The highest BCUT2D eigenvalue weighted by Crippen LogP contribution is 2.21. The standard InChI is InChI=1S/C13H17N3O4/c1-20-10-6-3-7-14-11(10)12(17)15-8-4-2-5-9(8)16-13(18)19/h3,6-9,16H,2,4-5H2,1H3,(H,15,17)(H,18,19)/t8-,9-/m0/s1. The molecule has 1 fully saturated rings. The topological polar surface area (TPSA) is 101 Å². The second-order valence-electron chi connectivity index (χ2n) is 4.62. The Balaban J connectivity index is 2.05. The van der Waals surface area contributed by atoms with Crippen LogP contribution >= 0.6 is 0 Å². The number of aromatic nitrogens is 1. The molecule has 1 aromatic rings. The molecule has 0 bridgehead atoms. The van der Waals surface area contributed by atoms with Crippen LogP contribution in [0.4, 0.5) is 4.79 Å². The van der Waals surface area contributed by atoms with Crippen molar-refractivity contribution in [2.24, 2.45) is 0 Å². The van der Waals surface area contributed by atoms with E-state index >= 15 is 0 Å². The molecular weight excluding hydrogens is 262 g/mol. The minimum absolute atomic E-state index is 0.205. The quantitative estimate of drug-likeness (QED) is 0.763. The van der Waals surface area contributed by atoms with Gasteiger partial charge in [0, 0.05) is 12.2 Å². The lowest BCUT2D eigenvalue weighted by Crippen LogP contribution is -2.48. The first-order chi connectivity index (χ1) is 9.61. The molecule has 2 atom stereocenters. The van der Waals surface area contributed by atoms with Gasteiger partial charge in [0.25, 0.3) is 5.91 Å². The molecule has 0 aromatic carbocycles. The number of methoxy groups -OCH3 is 1. The predicted octanol–water partition coefficient (Wildman–Crippen LogP) is 1.01. The molecule has 2 rings (SSSR count). The second kappa shape index (κ2) is 6.23. The number of rotatable bonds is 4. The zero-order valence-corrected chi connectivity index (χ0v) is 11.1. The van der Waals surface area contributed by atoms with Crippen LogP contribution in [-0.2, 0) is 0 Å². The van der Waals surface area contributed by atoms with Gasteiger partial charge in [0.15, 0.2) is 5.69 Å². The van der Waals surface area contributed by atoms with Crippen LogP contribution in [0, 0.1) is 0 Å². The summed E-state index contributed by atoms with van der Waals surface area (Å²) in [5, 5.41) is 14.0. The molecule has 0 saturated heterocycles. The summed E-state index contributed by atoms with van der Waals surface area (Å²) in [7, 11) is 1.47. The Morgan fingerprint density at radius 1 is 1.35 bits per heavy atom. The molecule has 1 saturated carbocycles. The summed E-state index contributed by atoms with van der Waals surface area (Å²) in [6, 6.07) is 2.86. The zero-order chi connectivity index (χ0) is 14.5. The van der Waals surface area contributed by atoms with E-state index in [2.05, 4.69) is 15.6 Å². The minimum atomic E-state index is -1.08. The van der Waals surface area contributed by atoms with Gasteiger partial charge in [-0.15, -0.1) is 0 Å². The molecule has 2 amide bonds. The lowest BCUT2D eigenvalue weighted by Gasteiger charge is -2.21. The molecule has 1 aliphatic carbocycles. The maximum Gasteiger partial charge on any atom is 0.404 e. The van der Waals surface area contributed by atoms with Crippen LogP contribution < -0.4 is 15.4 Å².